The zero-order chi connectivity index (χ0) is 24.2. The Morgan fingerprint density at radius 1 is 0.821 bits per heavy atom. The number of rotatable bonds is 4. The Kier molecular flexibility index (Phi) is 3.46. The molecule has 0 fully saturated rings. The van der Waals surface area contributed by atoms with Crippen molar-refractivity contribution in [3.63, 3.8) is 0 Å². The lowest BCUT2D eigenvalue weighted by molar-refractivity contribution is 0.811. The van der Waals surface area contributed by atoms with E-state index >= 15 is 0 Å². The van der Waals surface area contributed by atoms with E-state index in [-0.39, 0.29) is 5.56 Å². The molecule has 0 amide bonds. The van der Waals surface area contributed by atoms with E-state index in [1.165, 1.54) is 0 Å². The molecule has 4 aromatic rings. The molecule has 2 nitrogen and oxygen atoms in total. The van der Waals surface area contributed by atoms with Crippen molar-refractivity contribution in [2.45, 2.75) is 46.3 Å². The second kappa shape index (κ2) is 7.27. The van der Waals surface area contributed by atoms with E-state index in [1.54, 1.807) is 24.3 Å². The Labute approximate surface area is 174 Å². The molecule has 1 heterocycles. The van der Waals surface area contributed by atoms with Crippen LogP contribution in [0.5, 0.6) is 0 Å². The number of aryl methyl sites for hydroxylation is 1. The molecule has 0 aliphatic heterocycles. The molecule has 0 radical (unpaired) electrons. The van der Waals surface area contributed by atoms with Crippen molar-refractivity contribution in [3.8, 4) is 17.1 Å². The highest BCUT2D eigenvalue weighted by molar-refractivity contribution is 5.84. The fourth-order valence-corrected chi connectivity index (χ4v) is 3.66. The number of hydrogen-bond donors (Lipinski definition) is 0. The Hall–Kier alpha value is -2.87. The Bertz CT molecular complexity index is 1270. The summed E-state index contributed by atoms with van der Waals surface area (Å²) in [5, 5.41) is 0. The van der Waals surface area contributed by atoms with E-state index in [0.29, 0.717) is 5.82 Å². The van der Waals surface area contributed by atoms with Crippen LogP contribution in [0.1, 0.15) is 63.0 Å². The second-order valence-electron chi connectivity index (χ2n) is 7.54. The minimum atomic E-state index is -2.18. The lowest BCUT2D eigenvalue weighted by atomic mass is 9.92. The first-order chi connectivity index (χ1) is 15.3. The SMILES string of the molecule is [2H]C([2H])([2H])c1ccc(-c2nc3ccccc3n2-c2c(C([2H])(C)C)cccc2C([2H])(C)C)cc1. The number of fused-ring (bicyclic) bond motifs is 1. The first-order valence-electron chi connectivity index (χ1n) is 12.0. The molecule has 4 rings (SSSR count). The maximum Gasteiger partial charge on any atom is 0.145 e. The van der Waals surface area contributed by atoms with Crippen molar-refractivity contribution < 1.29 is 6.85 Å². The smallest absolute Gasteiger partial charge is 0.145 e. The quantitative estimate of drug-likeness (QED) is 0.368. The molecule has 1 aromatic heterocycles. The number of aromatic nitrogens is 2. The Morgan fingerprint density at radius 2 is 1.46 bits per heavy atom. The highest BCUT2D eigenvalue weighted by atomic mass is 15.1. The van der Waals surface area contributed by atoms with E-state index in [0.717, 1.165) is 33.4 Å². The molecule has 0 aliphatic rings. The van der Waals surface area contributed by atoms with Gasteiger partial charge < -0.3 is 0 Å². The van der Waals surface area contributed by atoms with Crippen LogP contribution in [0.15, 0.2) is 66.7 Å². The van der Waals surface area contributed by atoms with Crippen LogP contribution >= 0.6 is 0 Å². The predicted octanol–water partition coefficient (Wildman–Crippen LogP) is 7.25. The Balaban J connectivity index is 2.10. The van der Waals surface area contributed by atoms with Gasteiger partial charge in [0.25, 0.3) is 0 Å². The molecule has 0 N–H and O–H groups in total. The summed E-state index contributed by atoms with van der Waals surface area (Å²) in [6.45, 7) is 5.20. The third-order valence-electron chi connectivity index (χ3n) is 5.04. The summed E-state index contributed by atoms with van der Waals surface area (Å²) in [5.41, 5.74) is 5.07. The van der Waals surface area contributed by atoms with Gasteiger partial charge in [0.2, 0.25) is 0 Å². The van der Waals surface area contributed by atoms with Crippen molar-refractivity contribution in [1.82, 2.24) is 9.55 Å². The van der Waals surface area contributed by atoms with Crippen molar-refractivity contribution in [2.24, 2.45) is 0 Å². The van der Waals surface area contributed by atoms with Crippen LogP contribution < -0.4 is 0 Å². The van der Waals surface area contributed by atoms with Gasteiger partial charge in [0.15, 0.2) is 0 Å². The van der Waals surface area contributed by atoms with Crippen LogP contribution in [0.3, 0.4) is 0 Å². The minimum absolute atomic E-state index is 0.273. The van der Waals surface area contributed by atoms with E-state index in [9.17, 15) is 0 Å². The normalized spacial score (nSPS) is 15.5. The van der Waals surface area contributed by atoms with E-state index in [1.807, 2.05) is 74.7 Å². The van der Waals surface area contributed by atoms with Crippen LogP contribution in [0.4, 0.5) is 0 Å². The summed E-state index contributed by atoms with van der Waals surface area (Å²) in [7, 11) is 0. The summed E-state index contributed by atoms with van der Waals surface area (Å²) in [5.74, 6) is -1.18. The standard InChI is InChI=1S/C26H28N2/c1-17(2)21-9-8-10-22(18(3)4)25(21)28-24-12-7-6-11-23(24)27-26(28)20-15-13-19(5)14-16-20/h6-18H,1-5H3/i5D3,17D,18D. The highest BCUT2D eigenvalue weighted by Crippen LogP contribution is 2.37. The average Bonchev–Trinajstić information content (AvgIpc) is 3.10. The van der Waals surface area contributed by atoms with Gasteiger partial charge in [0.1, 0.15) is 5.82 Å². The van der Waals surface area contributed by atoms with Crippen LogP contribution in [0.2, 0.25) is 0 Å². The molecule has 0 bridgehead atoms. The van der Waals surface area contributed by atoms with E-state index < -0.39 is 18.6 Å². The molecule has 0 aliphatic carbocycles. The topological polar surface area (TPSA) is 17.8 Å². The number of nitrogens with zero attached hydrogens (tertiary/aromatic N) is 2. The minimum Gasteiger partial charge on any atom is -0.292 e. The first-order valence-corrected chi connectivity index (χ1v) is 9.51. The molecule has 0 spiro atoms. The zero-order valence-corrected chi connectivity index (χ0v) is 16.7. The molecule has 3 aromatic carbocycles. The molecular weight excluding hydrogens is 340 g/mol. The van der Waals surface area contributed by atoms with Crippen molar-refractivity contribution in [1.29, 1.82) is 0 Å². The molecule has 28 heavy (non-hydrogen) atoms. The number of imidazole rings is 1. The van der Waals surface area contributed by atoms with Gasteiger partial charge in [0, 0.05) is 12.4 Å². The van der Waals surface area contributed by atoms with Crippen molar-refractivity contribution in [2.75, 3.05) is 0 Å². The molecule has 142 valence electrons. The summed E-state index contributed by atoms with van der Waals surface area (Å²) in [6, 6.07) is 20.4. The maximum atomic E-state index is 8.84. The van der Waals surface area contributed by atoms with Crippen molar-refractivity contribution in [3.05, 3.63) is 83.4 Å². The third kappa shape index (κ3) is 3.13. The predicted molar refractivity (Wildman–Crippen MR) is 119 cm³/mol. The lowest BCUT2D eigenvalue weighted by Gasteiger charge is -2.22. The lowest BCUT2D eigenvalue weighted by Crippen LogP contribution is -2.08. The number of benzene rings is 3. The van der Waals surface area contributed by atoms with E-state index in [4.69, 9.17) is 11.8 Å². The molecule has 0 unspecified atom stereocenters. The van der Waals surface area contributed by atoms with Gasteiger partial charge in [-0.25, -0.2) is 4.98 Å². The maximum absolute atomic E-state index is 8.84. The fraction of sp³-hybridized carbons (Fsp3) is 0.269. The van der Waals surface area contributed by atoms with Gasteiger partial charge in [-0.05, 0) is 41.9 Å². The van der Waals surface area contributed by atoms with Crippen LogP contribution in [-0.2, 0) is 0 Å². The highest BCUT2D eigenvalue weighted by Gasteiger charge is 2.21. The fourth-order valence-electron chi connectivity index (χ4n) is 3.66. The van der Waals surface area contributed by atoms with Gasteiger partial charge in [-0.1, -0.05) is 87.9 Å². The molecule has 0 atom stereocenters. The monoisotopic (exact) mass is 373 g/mol. The van der Waals surface area contributed by atoms with Gasteiger partial charge in [-0.15, -0.1) is 0 Å². The summed E-state index contributed by atoms with van der Waals surface area (Å²) < 4.78 is 42.7. The van der Waals surface area contributed by atoms with Crippen LogP contribution in [0, 0.1) is 6.85 Å². The number of hydrogen-bond acceptors (Lipinski definition) is 1. The van der Waals surface area contributed by atoms with Crippen molar-refractivity contribution >= 4 is 11.0 Å². The van der Waals surface area contributed by atoms with E-state index in [2.05, 4.69) is 0 Å². The van der Waals surface area contributed by atoms with Gasteiger partial charge >= 0.3 is 0 Å². The zero-order valence-electron chi connectivity index (χ0n) is 21.7. The van der Waals surface area contributed by atoms with Crippen LogP contribution in [-0.4, -0.2) is 9.55 Å². The number of para-hydroxylation sites is 3. The van der Waals surface area contributed by atoms with Crippen LogP contribution in [0.25, 0.3) is 28.1 Å². The summed E-state index contributed by atoms with van der Waals surface area (Å²) in [6.07, 6.45) is 0. The molecule has 0 saturated carbocycles. The summed E-state index contributed by atoms with van der Waals surface area (Å²) in [4.78, 5) is 4.90. The average molecular weight is 374 g/mol. The molecular formula is C26H28N2. The van der Waals surface area contributed by atoms with Gasteiger partial charge in [0.05, 0.1) is 16.7 Å². The molecule has 0 saturated heterocycles. The third-order valence-corrected chi connectivity index (χ3v) is 5.04. The van der Waals surface area contributed by atoms with Gasteiger partial charge in [-0.2, -0.15) is 0 Å². The molecule has 2 heteroatoms. The first kappa shape index (κ1) is 13.3. The Morgan fingerprint density at radius 3 is 2.07 bits per heavy atom. The second-order valence-corrected chi connectivity index (χ2v) is 7.54. The summed E-state index contributed by atoms with van der Waals surface area (Å²) >= 11 is 0. The van der Waals surface area contributed by atoms with Gasteiger partial charge in [-0.3, -0.25) is 4.57 Å². The largest absolute Gasteiger partial charge is 0.292 e.